The quantitative estimate of drug-likeness (QED) is 0.0447. The summed E-state index contributed by atoms with van der Waals surface area (Å²) in [6, 6.07) is -10.2. The van der Waals surface area contributed by atoms with Crippen LogP contribution >= 0.6 is 0 Å². The molecule has 0 heterocycles. The maximum absolute atomic E-state index is 11.7. The second-order valence-corrected chi connectivity index (χ2v) is 9.98. The van der Waals surface area contributed by atoms with E-state index in [1.807, 2.05) is 10.6 Å². The van der Waals surface area contributed by atoms with Gasteiger partial charge in [-0.2, -0.15) is 0 Å². The van der Waals surface area contributed by atoms with Gasteiger partial charge in [0.05, 0.1) is 24.9 Å². The number of amides is 2. The van der Waals surface area contributed by atoms with Gasteiger partial charge in [-0.05, 0) is 24.7 Å². The molecular weight excluding hydrogens is 634 g/mol. The molecule has 0 radical (unpaired) electrons. The molecule has 248 valence electrons. The molecule has 0 aliphatic carbocycles. The van der Waals surface area contributed by atoms with Crippen molar-refractivity contribution in [3.8, 4) is 0 Å². The van der Waals surface area contributed by atoms with E-state index >= 15 is 0 Å². The van der Waals surface area contributed by atoms with Crippen molar-refractivity contribution in [3.63, 3.8) is 0 Å². The smallest absolute Gasteiger partial charge is 0.550 e. The second kappa shape index (κ2) is 25.7. The molecule has 0 spiro atoms. The van der Waals surface area contributed by atoms with E-state index in [-0.39, 0.29) is 89.3 Å². The molecule has 0 aliphatic rings. The van der Waals surface area contributed by atoms with Crippen LogP contribution < -0.4 is 91.4 Å². The molecule has 23 heteroatoms. The topological polar surface area (TPSA) is 383 Å². The van der Waals surface area contributed by atoms with Crippen LogP contribution in [0.3, 0.4) is 0 Å². The van der Waals surface area contributed by atoms with Crippen molar-refractivity contribution in [1.29, 1.82) is 0 Å². The maximum atomic E-state index is 11.7. The summed E-state index contributed by atoms with van der Waals surface area (Å²) in [5.41, 5.74) is 11.1. The molecule has 0 aromatic carbocycles. The molecule has 0 saturated heterocycles. The number of hydrogen-bond donors (Lipinski definition) is 6. The Balaban J connectivity index is -0.000000222. The van der Waals surface area contributed by atoms with E-state index in [1.54, 1.807) is 27.7 Å². The first-order valence-electron chi connectivity index (χ1n) is 12.4. The zero-order valence-electron chi connectivity index (χ0n) is 25.8. The predicted molar refractivity (Wildman–Crippen MR) is 138 cm³/mol. The fourth-order valence-electron chi connectivity index (χ4n) is 3.37. The van der Waals surface area contributed by atoms with Gasteiger partial charge in [-0.1, -0.05) is 27.7 Å². The number of rotatable bonds is 18. The van der Waals surface area contributed by atoms with Gasteiger partial charge in [0.1, 0.15) is 0 Å². The van der Waals surface area contributed by atoms with Gasteiger partial charge in [-0.25, -0.2) is 9.59 Å². The van der Waals surface area contributed by atoms with Crippen molar-refractivity contribution in [2.24, 2.45) is 23.3 Å². The number of carboxylic acid groups (broad SMARTS) is 4. The standard InChI is InChI=1S/2C11H19N3O7.2Na.H2O/c2*1-5(2)3-6(12)10(17)13-9(11(18)19)7(14(20)21)4-8(15)16;;;/h2*5-7,9H,3-4,12H2,1-2H3,(H,13,17)(H,15,16)(H,18,19);;;1H2/q;;2*+1;/p-2/t2*6-,7?,9-;;;/m00.../s1. The largest absolute Gasteiger partial charge is 1.00 e. The summed E-state index contributed by atoms with van der Waals surface area (Å²) < 4.78 is 0. The zero-order chi connectivity index (χ0) is 33.5. The van der Waals surface area contributed by atoms with E-state index in [4.69, 9.17) is 21.7 Å². The van der Waals surface area contributed by atoms with E-state index in [1.165, 1.54) is 0 Å². The molecule has 0 rings (SSSR count). The van der Waals surface area contributed by atoms with E-state index < -0.39 is 94.6 Å². The molecule has 6 atom stereocenters. The first-order valence-corrected chi connectivity index (χ1v) is 12.4. The number of nitro groups is 2. The number of carbonyl (C=O) groups is 6. The van der Waals surface area contributed by atoms with Crippen LogP contribution in [-0.4, -0.2) is 97.5 Å². The third kappa shape index (κ3) is 22.6. The van der Waals surface area contributed by atoms with Gasteiger partial charge in [0.15, 0.2) is 12.1 Å². The summed E-state index contributed by atoms with van der Waals surface area (Å²) in [4.78, 5) is 85.8. The van der Waals surface area contributed by atoms with Crippen molar-refractivity contribution in [2.75, 3.05) is 0 Å². The van der Waals surface area contributed by atoms with Crippen LogP contribution in [-0.2, 0) is 28.8 Å². The number of aliphatic carboxylic acids is 4. The molecule has 0 saturated carbocycles. The SMILES string of the molecule is CC(C)C[C@H](N)C(=O)N[C@H](C(=O)O)C(CC(=O)[O-])[N+](=O)[O-].CC(C)C[C@H](N)C(=O)N[C@H](C(=O)O)C(CC(=O)[O-])[N+](=O)[O-].O.[Na+].[Na+]. The van der Waals surface area contributed by atoms with E-state index in [0.29, 0.717) is 0 Å². The first kappa shape index (κ1) is 52.1. The minimum absolute atomic E-state index is 0. The minimum Gasteiger partial charge on any atom is -0.550 e. The van der Waals surface area contributed by atoms with Crippen LogP contribution in [0.5, 0.6) is 0 Å². The van der Waals surface area contributed by atoms with Crippen LogP contribution in [0, 0.1) is 32.1 Å². The Morgan fingerprint density at radius 1 is 0.667 bits per heavy atom. The van der Waals surface area contributed by atoms with Crippen LogP contribution in [0.15, 0.2) is 0 Å². The Bertz CT molecular complexity index is 939. The van der Waals surface area contributed by atoms with Crippen LogP contribution in [0.4, 0.5) is 0 Å². The molecule has 45 heavy (non-hydrogen) atoms. The predicted octanol–water partition coefficient (Wildman–Crippen LogP) is -11.4. The van der Waals surface area contributed by atoms with Gasteiger partial charge in [-0.3, -0.25) is 29.8 Å². The number of nitrogens with one attached hydrogen (secondary N) is 2. The van der Waals surface area contributed by atoms with Crippen LogP contribution in [0.25, 0.3) is 0 Å². The number of carbonyl (C=O) groups excluding carboxylic acids is 4. The zero-order valence-corrected chi connectivity index (χ0v) is 29.8. The number of hydrogen-bond acceptors (Lipinski definition) is 14. The Labute approximate surface area is 301 Å². The van der Waals surface area contributed by atoms with Crippen molar-refractivity contribution < 1.29 is 124 Å². The van der Waals surface area contributed by atoms with E-state index in [2.05, 4.69) is 0 Å². The van der Waals surface area contributed by atoms with Crippen molar-refractivity contribution in [1.82, 2.24) is 10.6 Å². The monoisotopic (exact) mass is 672 g/mol. The van der Waals surface area contributed by atoms with Crippen molar-refractivity contribution in [3.05, 3.63) is 20.2 Å². The molecule has 2 amide bonds. The van der Waals surface area contributed by atoms with Gasteiger partial charge in [0.2, 0.25) is 23.9 Å². The average molecular weight is 673 g/mol. The fraction of sp³-hybridized carbons (Fsp3) is 0.727. The maximum Gasteiger partial charge on any atom is 1.00 e. The molecular formula is C22H38N6Na2O15. The molecule has 0 aromatic rings. The fourth-order valence-corrected chi connectivity index (χ4v) is 3.37. The molecule has 21 nitrogen and oxygen atoms in total. The summed E-state index contributed by atoms with van der Waals surface area (Å²) in [5, 5.41) is 64.2. The molecule has 0 aliphatic heterocycles. The van der Waals surface area contributed by atoms with Crippen LogP contribution in [0.1, 0.15) is 53.4 Å². The Hall–Kier alpha value is -2.50. The molecule has 2 unspecified atom stereocenters. The summed E-state index contributed by atoms with van der Waals surface area (Å²) in [6.07, 6.45) is -1.77. The molecule has 0 bridgehead atoms. The van der Waals surface area contributed by atoms with Crippen molar-refractivity contribution >= 4 is 35.7 Å². The normalized spacial score (nSPS) is 14.0. The van der Waals surface area contributed by atoms with E-state index in [0.717, 1.165) is 0 Å². The van der Waals surface area contributed by atoms with E-state index in [9.17, 15) is 59.2 Å². The van der Waals surface area contributed by atoms with Gasteiger partial charge < -0.3 is 57.6 Å². The van der Waals surface area contributed by atoms with Crippen molar-refractivity contribution in [2.45, 2.75) is 89.6 Å². The number of nitrogens with two attached hydrogens (primary N) is 2. The molecule has 0 aromatic heterocycles. The summed E-state index contributed by atoms with van der Waals surface area (Å²) in [6.45, 7) is 7.16. The van der Waals surface area contributed by atoms with Gasteiger partial charge in [0.25, 0.3) is 0 Å². The third-order valence-corrected chi connectivity index (χ3v) is 5.31. The number of nitrogens with zero attached hydrogens (tertiary/aromatic N) is 2. The minimum atomic E-state index is -2.04. The summed E-state index contributed by atoms with van der Waals surface area (Å²) in [7, 11) is 0. The van der Waals surface area contributed by atoms with Gasteiger partial charge in [-0.15, -0.1) is 0 Å². The van der Waals surface area contributed by atoms with Crippen LogP contribution in [0.2, 0.25) is 0 Å². The molecule has 10 N–H and O–H groups in total. The Kier molecular flexibility index (Phi) is 29.7. The Morgan fingerprint density at radius 3 is 1.07 bits per heavy atom. The van der Waals surface area contributed by atoms with Gasteiger partial charge >= 0.3 is 71.1 Å². The van der Waals surface area contributed by atoms with Gasteiger partial charge in [0, 0.05) is 21.8 Å². The number of carboxylic acids is 4. The third-order valence-electron chi connectivity index (χ3n) is 5.31. The molecule has 0 fully saturated rings. The first-order chi connectivity index (χ1) is 19.1. The Morgan fingerprint density at radius 2 is 0.911 bits per heavy atom. The second-order valence-electron chi connectivity index (χ2n) is 9.98. The average Bonchev–Trinajstić information content (AvgIpc) is 2.81. The summed E-state index contributed by atoms with van der Waals surface area (Å²) >= 11 is 0. The summed E-state index contributed by atoms with van der Waals surface area (Å²) in [5.74, 6) is -8.67.